The van der Waals surface area contributed by atoms with E-state index in [-0.39, 0.29) is 11.9 Å². The summed E-state index contributed by atoms with van der Waals surface area (Å²) in [4.78, 5) is 13.6. The fraction of sp³-hybridized carbons (Fsp3) is 0.316. The third-order valence-electron chi connectivity index (χ3n) is 3.42. The van der Waals surface area contributed by atoms with Gasteiger partial charge in [-0.15, -0.1) is 11.8 Å². The Labute approximate surface area is 137 Å². The summed E-state index contributed by atoms with van der Waals surface area (Å²) in [5, 5.41) is 3.54. The van der Waals surface area contributed by atoms with E-state index in [2.05, 4.69) is 50.4 Å². The van der Waals surface area contributed by atoms with Gasteiger partial charge in [0, 0.05) is 10.1 Å². The molecule has 2 aromatic rings. The van der Waals surface area contributed by atoms with Crippen molar-refractivity contribution in [2.24, 2.45) is 0 Å². The molecule has 1 atom stereocenters. The average molecular weight is 313 g/mol. The fourth-order valence-corrected chi connectivity index (χ4v) is 3.18. The maximum absolute atomic E-state index is 12.6. The van der Waals surface area contributed by atoms with Crippen molar-refractivity contribution in [3.05, 3.63) is 65.2 Å². The Bertz CT molecular complexity index is 634. The lowest BCUT2D eigenvalue weighted by Crippen LogP contribution is -2.27. The van der Waals surface area contributed by atoms with Crippen molar-refractivity contribution >= 4 is 17.7 Å². The van der Waals surface area contributed by atoms with E-state index in [0.717, 1.165) is 16.0 Å². The standard InChI is InChI=1S/C19H23NOS/c1-13(2)22-18-8-6-5-7-17(18)19(21)20-15(4)16-11-9-14(3)10-12-16/h5-13,15H,1-4H3,(H,20,21)/t15-/m0/s1. The minimum atomic E-state index is -0.0168. The van der Waals surface area contributed by atoms with Crippen LogP contribution in [0.5, 0.6) is 0 Å². The molecular formula is C19H23NOS. The van der Waals surface area contributed by atoms with Gasteiger partial charge < -0.3 is 5.32 Å². The summed E-state index contributed by atoms with van der Waals surface area (Å²) in [7, 11) is 0. The smallest absolute Gasteiger partial charge is 0.252 e. The second-order valence-corrected chi connectivity index (χ2v) is 7.39. The van der Waals surface area contributed by atoms with E-state index in [9.17, 15) is 4.79 Å². The lowest BCUT2D eigenvalue weighted by molar-refractivity contribution is 0.0937. The minimum Gasteiger partial charge on any atom is -0.345 e. The normalized spacial score (nSPS) is 12.2. The number of carbonyl (C=O) groups is 1. The van der Waals surface area contributed by atoms with Crippen LogP contribution >= 0.6 is 11.8 Å². The summed E-state index contributed by atoms with van der Waals surface area (Å²) in [5.41, 5.74) is 3.09. The van der Waals surface area contributed by atoms with Gasteiger partial charge in [0.1, 0.15) is 0 Å². The molecule has 2 rings (SSSR count). The number of thioether (sulfide) groups is 1. The molecule has 0 aliphatic rings. The van der Waals surface area contributed by atoms with Crippen molar-refractivity contribution < 1.29 is 4.79 Å². The van der Waals surface area contributed by atoms with E-state index < -0.39 is 0 Å². The van der Waals surface area contributed by atoms with Crippen molar-refractivity contribution in [1.82, 2.24) is 5.32 Å². The maximum atomic E-state index is 12.6. The van der Waals surface area contributed by atoms with Crippen LogP contribution in [0.4, 0.5) is 0 Å². The van der Waals surface area contributed by atoms with E-state index in [0.29, 0.717) is 5.25 Å². The van der Waals surface area contributed by atoms with Gasteiger partial charge in [0.15, 0.2) is 0 Å². The number of nitrogens with one attached hydrogen (secondary N) is 1. The molecule has 1 N–H and O–H groups in total. The maximum Gasteiger partial charge on any atom is 0.252 e. The quantitative estimate of drug-likeness (QED) is 0.788. The highest BCUT2D eigenvalue weighted by Gasteiger charge is 2.15. The van der Waals surface area contributed by atoms with Crippen LogP contribution in [0.1, 0.15) is 48.3 Å². The first-order valence-electron chi connectivity index (χ1n) is 7.60. The molecule has 0 bridgehead atoms. The summed E-state index contributed by atoms with van der Waals surface area (Å²) >= 11 is 1.72. The van der Waals surface area contributed by atoms with Gasteiger partial charge in [-0.2, -0.15) is 0 Å². The molecule has 0 saturated heterocycles. The number of hydrogen-bond acceptors (Lipinski definition) is 2. The lowest BCUT2D eigenvalue weighted by Gasteiger charge is -2.16. The first-order chi connectivity index (χ1) is 10.5. The largest absolute Gasteiger partial charge is 0.345 e. The van der Waals surface area contributed by atoms with Gasteiger partial charge in [-0.3, -0.25) is 4.79 Å². The zero-order valence-electron chi connectivity index (χ0n) is 13.6. The fourth-order valence-electron chi connectivity index (χ4n) is 2.22. The molecule has 0 aliphatic heterocycles. The molecule has 2 aromatic carbocycles. The minimum absolute atomic E-state index is 0.00907. The Morgan fingerprint density at radius 1 is 1.00 bits per heavy atom. The molecular weight excluding hydrogens is 290 g/mol. The molecule has 0 aromatic heterocycles. The first kappa shape index (κ1) is 16.6. The third-order valence-corrected chi connectivity index (χ3v) is 4.50. The predicted octanol–water partition coefficient (Wildman–Crippen LogP) is 4.99. The molecule has 1 amide bonds. The van der Waals surface area contributed by atoms with Crippen molar-refractivity contribution in [2.45, 2.75) is 43.9 Å². The average Bonchev–Trinajstić information content (AvgIpc) is 2.47. The topological polar surface area (TPSA) is 29.1 Å². The molecule has 0 spiro atoms. The van der Waals surface area contributed by atoms with E-state index in [1.54, 1.807) is 11.8 Å². The third kappa shape index (κ3) is 4.38. The van der Waals surface area contributed by atoms with Gasteiger partial charge in [0.25, 0.3) is 5.91 Å². The Kier molecular flexibility index (Phi) is 5.67. The van der Waals surface area contributed by atoms with Crippen LogP contribution in [0.3, 0.4) is 0 Å². The van der Waals surface area contributed by atoms with E-state index in [1.807, 2.05) is 31.2 Å². The van der Waals surface area contributed by atoms with Gasteiger partial charge >= 0.3 is 0 Å². The summed E-state index contributed by atoms with van der Waals surface area (Å²) in [6, 6.07) is 16.1. The lowest BCUT2D eigenvalue weighted by atomic mass is 10.1. The predicted molar refractivity (Wildman–Crippen MR) is 94.5 cm³/mol. The van der Waals surface area contributed by atoms with Crippen LogP contribution in [0.25, 0.3) is 0 Å². The highest BCUT2D eigenvalue weighted by atomic mass is 32.2. The van der Waals surface area contributed by atoms with Crippen LogP contribution < -0.4 is 5.32 Å². The van der Waals surface area contributed by atoms with Gasteiger partial charge in [-0.1, -0.05) is 55.8 Å². The number of hydrogen-bond donors (Lipinski definition) is 1. The Morgan fingerprint density at radius 3 is 2.27 bits per heavy atom. The second kappa shape index (κ2) is 7.50. The molecule has 3 heteroatoms. The van der Waals surface area contributed by atoms with Crippen molar-refractivity contribution in [2.75, 3.05) is 0 Å². The van der Waals surface area contributed by atoms with Crippen LogP contribution in [-0.4, -0.2) is 11.2 Å². The number of carbonyl (C=O) groups excluding carboxylic acids is 1. The van der Waals surface area contributed by atoms with E-state index in [1.165, 1.54) is 5.56 Å². The van der Waals surface area contributed by atoms with Gasteiger partial charge in [0.2, 0.25) is 0 Å². The van der Waals surface area contributed by atoms with Crippen LogP contribution in [-0.2, 0) is 0 Å². The highest BCUT2D eigenvalue weighted by Crippen LogP contribution is 2.27. The Balaban J connectivity index is 2.13. The number of aryl methyl sites for hydroxylation is 1. The highest BCUT2D eigenvalue weighted by molar-refractivity contribution is 8.00. The number of rotatable bonds is 5. The zero-order valence-corrected chi connectivity index (χ0v) is 14.4. The number of benzene rings is 2. The van der Waals surface area contributed by atoms with Crippen LogP contribution in [0.2, 0.25) is 0 Å². The second-order valence-electron chi connectivity index (χ2n) is 5.77. The van der Waals surface area contributed by atoms with Crippen LogP contribution in [0, 0.1) is 6.92 Å². The summed E-state index contributed by atoms with van der Waals surface area (Å²) in [6.45, 7) is 8.34. The molecule has 116 valence electrons. The van der Waals surface area contributed by atoms with Gasteiger partial charge in [0.05, 0.1) is 11.6 Å². The molecule has 0 unspecified atom stereocenters. The van der Waals surface area contributed by atoms with Crippen molar-refractivity contribution in [3.8, 4) is 0 Å². The molecule has 0 radical (unpaired) electrons. The summed E-state index contributed by atoms with van der Waals surface area (Å²) < 4.78 is 0. The van der Waals surface area contributed by atoms with Crippen molar-refractivity contribution in [3.63, 3.8) is 0 Å². The molecule has 0 aliphatic carbocycles. The Hall–Kier alpha value is -1.74. The molecule has 2 nitrogen and oxygen atoms in total. The van der Waals surface area contributed by atoms with Gasteiger partial charge in [-0.25, -0.2) is 0 Å². The molecule has 0 heterocycles. The molecule has 0 fully saturated rings. The van der Waals surface area contributed by atoms with Crippen LogP contribution in [0.15, 0.2) is 53.4 Å². The van der Waals surface area contributed by atoms with Gasteiger partial charge in [-0.05, 0) is 31.5 Å². The van der Waals surface area contributed by atoms with E-state index >= 15 is 0 Å². The SMILES string of the molecule is Cc1ccc([C@H](C)NC(=O)c2ccccc2SC(C)C)cc1. The van der Waals surface area contributed by atoms with E-state index in [4.69, 9.17) is 0 Å². The summed E-state index contributed by atoms with van der Waals surface area (Å²) in [6.07, 6.45) is 0. The van der Waals surface area contributed by atoms with Crippen molar-refractivity contribution in [1.29, 1.82) is 0 Å². The molecule has 0 saturated carbocycles. The molecule has 22 heavy (non-hydrogen) atoms. The first-order valence-corrected chi connectivity index (χ1v) is 8.48. The zero-order chi connectivity index (χ0) is 16.1. The summed E-state index contributed by atoms with van der Waals surface area (Å²) in [5.74, 6) is -0.0168. The number of amides is 1. The monoisotopic (exact) mass is 313 g/mol. The Morgan fingerprint density at radius 2 is 1.64 bits per heavy atom.